The number of fused-ring (bicyclic) bond motifs is 1. The summed E-state index contributed by atoms with van der Waals surface area (Å²) in [6.45, 7) is 7.89. The fourth-order valence-corrected chi connectivity index (χ4v) is 2.36. The standard InChI is InChI=1S/C14H19N3O2/c1-4-16(5-2)11-6-7-13-12(8-11)15-10(3)17(13)9-14(18)19/h6-8H,4-5,9H2,1-3H3,(H,18,19). The minimum atomic E-state index is -0.852. The molecule has 0 fully saturated rings. The van der Waals surface area contributed by atoms with E-state index in [0.717, 1.165) is 35.6 Å². The third-order valence-corrected chi connectivity index (χ3v) is 3.34. The Labute approximate surface area is 112 Å². The van der Waals surface area contributed by atoms with E-state index < -0.39 is 5.97 Å². The van der Waals surface area contributed by atoms with Crippen LogP contribution in [0.25, 0.3) is 11.0 Å². The fourth-order valence-electron chi connectivity index (χ4n) is 2.36. The van der Waals surface area contributed by atoms with Crippen LogP contribution >= 0.6 is 0 Å². The van der Waals surface area contributed by atoms with Crippen molar-refractivity contribution in [2.24, 2.45) is 0 Å². The number of benzene rings is 1. The van der Waals surface area contributed by atoms with Crippen LogP contribution in [0.4, 0.5) is 5.69 Å². The molecule has 102 valence electrons. The van der Waals surface area contributed by atoms with E-state index in [1.54, 1.807) is 4.57 Å². The van der Waals surface area contributed by atoms with Crippen molar-refractivity contribution in [3.05, 3.63) is 24.0 Å². The second kappa shape index (κ2) is 5.30. The van der Waals surface area contributed by atoms with Crippen molar-refractivity contribution in [2.45, 2.75) is 27.3 Å². The third kappa shape index (κ3) is 2.54. The monoisotopic (exact) mass is 261 g/mol. The maximum absolute atomic E-state index is 10.9. The first-order valence-corrected chi connectivity index (χ1v) is 6.50. The summed E-state index contributed by atoms with van der Waals surface area (Å²) in [4.78, 5) is 17.6. The van der Waals surface area contributed by atoms with Gasteiger partial charge < -0.3 is 14.6 Å². The maximum Gasteiger partial charge on any atom is 0.323 e. The molecule has 0 aliphatic rings. The summed E-state index contributed by atoms with van der Waals surface area (Å²) < 4.78 is 1.73. The van der Waals surface area contributed by atoms with Gasteiger partial charge in [-0.05, 0) is 39.0 Å². The van der Waals surface area contributed by atoms with Crippen LogP contribution in [0.2, 0.25) is 0 Å². The molecule has 0 spiro atoms. The highest BCUT2D eigenvalue weighted by molar-refractivity contribution is 5.82. The smallest absolute Gasteiger partial charge is 0.323 e. The van der Waals surface area contributed by atoms with Gasteiger partial charge in [-0.25, -0.2) is 4.98 Å². The SMILES string of the molecule is CCN(CC)c1ccc2c(c1)nc(C)n2CC(=O)O. The highest BCUT2D eigenvalue weighted by atomic mass is 16.4. The number of anilines is 1. The Morgan fingerprint density at radius 1 is 1.37 bits per heavy atom. The topological polar surface area (TPSA) is 58.4 Å². The average Bonchev–Trinajstić information content (AvgIpc) is 2.66. The number of carboxylic acids is 1. The van der Waals surface area contributed by atoms with E-state index in [1.165, 1.54) is 0 Å². The van der Waals surface area contributed by atoms with Crippen LogP contribution in [0.15, 0.2) is 18.2 Å². The molecule has 1 aromatic carbocycles. The van der Waals surface area contributed by atoms with Gasteiger partial charge in [-0.15, -0.1) is 0 Å². The van der Waals surface area contributed by atoms with Crippen LogP contribution < -0.4 is 4.90 Å². The highest BCUT2D eigenvalue weighted by Gasteiger charge is 2.11. The lowest BCUT2D eigenvalue weighted by Crippen LogP contribution is -2.21. The molecule has 0 bridgehead atoms. The average molecular weight is 261 g/mol. The number of rotatable bonds is 5. The Hall–Kier alpha value is -2.04. The van der Waals surface area contributed by atoms with E-state index in [4.69, 9.17) is 5.11 Å². The van der Waals surface area contributed by atoms with Gasteiger partial charge in [-0.2, -0.15) is 0 Å². The molecule has 1 heterocycles. The van der Waals surface area contributed by atoms with Crippen molar-refractivity contribution in [3.63, 3.8) is 0 Å². The molecule has 2 rings (SSSR count). The first-order valence-electron chi connectivity index (χ1n) is 6.50. The molecule has 0 saturated heterocycles. The lowest BCUT2D eigenvalue weighted by molar-refractivity contribution is -0.137. The molecule has 0 aliphatic heterocycles. The van der Waals surface area contributed by atoms with Gasteiger partial charge in [0.25, 0.3) is 0 Å². The quantitative estimate of drug-likeness (QED) is 0.897. The molecule has 0 unspecified atom stereocenters. The molecule has 19 heavy (non-hydrogen) atoms. The summed E-state index contributed by atoms with van der Waals surface area (Å²) in [5, 5.41) is 8.93. The van der Waals surface area contributed by atoms with E-state index >= 15 is 0 Å². The van der Waals surface area contributed by atoms with E-state index in [2.05, 4.69) is 23.7 Å². The number of aryl methyl sites for hydroxylation is 1. The number of carbonyl (C=O) groups is 1. The van der Waals surface area contributed by atoms with Crippen LogP contribution in [-0.2, 0) is 11.3 Å². The first-order chi connectivity index (χ1) is 9.06. The molecule has 1 aromatic heterocycles. The van der Waals surface area contributed by atoms with Crippen molar-refractivity contribution in [1.29, 1.82) is 0 Å². The van der Waals surface area contributed by atoms with Crippen LogP contribution in [0.3, 0.4) is 0 Å². The normalized spacial score (nSPS) is 10.9. The largest absolute Gasteiger partial charge is 0.480 e. The van der Waals surface area contributed by atoms with E-state index in [1.807, 2.05) is 25.1 Å². The summed E-state index contributed by atoms with van der Waals surface area (Å²) >= 11 is 0. The van der Waals surface area contributed by atoms with Crippen molar-refractivity contribution < 1.29 is 9.90 Å². The number of carboxylic acid groups (broad SMARTS) is 1. The number of aromatic nitrogens is 2. The summed E-state index contributed by atoms with van der Waals surface area (Å²) in [6.07, 6.45) is 0. The summed E-state index contributed by atoms with van der Waals surface area (Å²) in [6, 6.07) is 5.99. The second-order valence-corrected chi connectivity index (χ2v) is 4.48. The molecule has 0 amide bonds. The predicted octanol–water partition coefficient (Wildman–Crippen LogP) is 2.28. The number of imidazole rings is 1. The number of aliphatic carboxylic acids is 1. The highest BCUT2D eigenvalue weighted by Crippen LogP contribution is 2.22. The zero-order chi connectivity index (χ0) is 14.0. The molecule has 2 aromatic rings. The number of hydrogen-bond acceptors (Lipinski definition) is 3. The lowest BCUT2D eigenvalue weighted by Gasteiger charge is -2.20. The van der Waals surface area contributed by atoms with Crippen molar-refractivity contribution in [2.75, 3.05) is 18.0 Å². The molecule has 1 N–H and O–H groups in total. The van der Waals surface area contributed by atoms with Gasteiger partial charge in [0, 0.05) is 18.8 Å². The minimum Gasteiger partial charge on any atom is -0.480 e. The Morgan fingerprint density at radius 3 is 2.63 bits per heavy atom. The molecule has 5 heteroatoms. The van der Waals surface area contributed by atoms with Gasteiger partial charge >= 0.3 is 5.97 Å². The Morgan fingerprint density at radius 2 is 2.05 bits per heavy atom. The van der Waals surface area contributed by atoms with E-state index in [0.29, 0.717) is 0 Å². The van der Waals surface area contributed by atoms with Crippen molar-refractivity contribution in [3.8, 4) is 0 Å². The molecule has 0 radical (unpaired) electrons. The zero-order valence-electron chi connectivity index (χ0n) is 11.6. The third-order valence-electron chi connectivity index (χ3n) is 3.34. The first kappa shape index (κ1) is 13.4. The maximum atomic E-state index is 10.9. The summed E-state index contributed by atoms with van der Waals surface area (Å²) in [7, 11) is 0. The predicted molar refractivity (Wildman–Crippen MR) is 75.7 cm³/mol. The van der Waals surface area contributed by atoms with Crippen LogP contribution in [0.5, 0.6) is 0 Å². The van der Waals surface area contributed by atoms with Gasteiger partial charge in [-0.1, -0.05) is 0 Å². The summed E-state index contributed by atoms with van der Waals surface area (Å²) in [5.41, 5.74) is 2.84. The Bertz CT molecular complexity index is 600. The second-order valence-electron chi connectivity index (χ2n) is 4.48. The van der Waals surface area contributed by atoms with Crippen molar-refractivity contribution in [1.82, 2.24) is 9.55 Å². The molecule has 0 saturated carbocycles. The van der Waals surface area contributed by atoms with Crippen molar-refractivity contribution >= 4 is 22.7 Å². The zero-order valence-corrected chi connectivity index (χ0v) is 11.6. The van der Waals surface area contributed by atoms with Gasteiger partial charge in [0.05, 0.1) is 11.0 Å². The van der Waals surface area contributed by atoms with Gasteiger partial charge in [-0.3, -0.25) is 4.79 Å². The van der Waals surface area contributed by atoms with Gasteiger partial charge in [0.2, 0.25) is 0 Å². The van der Waals surface area contributed by atoms with E-state index in [9.17, 15) is 4.79 Å². The van der Waals surface area contributed by atoms with Gasteiger partial charge in [0.15, 0.2) is 0 Å². The molecular weight excluding hydrogens is 242 g/mol. The van der Waals surface area contributed by atoms with Crippen LogP contribution in [-0.4, -0.2) is 33.7 Å². The van der Waals surface area contributed by atoms with Gasteiger partial charge in [0.1, 0.15) is 12.4 Å². The van der Waals surface area contributed by atoms with E-state index in [-0.39, 0.29) is 6.54 Å². The molecule has 0 aliphatic carbocycles. The number of hydrogen-bond donors (Lipinski definition) is 1. The number of nitrogens with zero attached hydrogens (tertiary/aromatic N) is 3. The van der Waals surface area contributed by atoms with Crippen LogP contribution in [0, 0.1) is 6.92 Å². The van der Waals surface area contributed by atoms with Crippen LogP contribution in [0.1, 0.15) is 19.7 Å². The Balaban J connectivity index is 2.48. The fraction of sp³-hybridized carbons (Fsp3) is 0.429. The molecule has 5 nitrogen and oxygen atoms in total. The Kier molecular flexibility index (Phi) is 3.74. The molecular formula is C14H19N3O2. The summed E-state index contributed by atoms with van der Waals surface area (Å²) in [5.74, 6) is -0.121. The minimum absolute atomic E-state index is 0.0487. The lowest BCUT2D eigenvalue weighted by atomic mass is 10.2. The molecule has 0 atom stereocenters.